The summed E-state index contributed by atoms with van der Waals surface area (Å²) >= 11 is 1.86. The Hall–Kier alpha value is -1.50. The van der Waals surface area contributed by atoms with Crippen LogP contribution >= 0.6 is 11.8 Å². The van der Waals surface area contributed by atoms with Crippen molar-refractivity contribution in [2.45, 2.75) is 12.8 Å². The second-order valence-electron chi connectivity index (χ2n) is 3.66. The third-order valence-electron chi connectivity index (χ3n) is 2.37. The lowest BCUT2D eigenvalue weighted by atomic mass is 10.3. The van der Waals surface area contributed by atoms with E-state index in [0.717, 1.165) is 24.3 Å². The molecule has 2 rings (SSSR count). The molecule has 7 heteroatoms. The minimum atomic E-state index is 0.246. The van der Waals surface area contributed by atoms with Gasteiger partial charge in [-0.2, -0.15) is 21.7 Å². The van der Waals surface area contributed by atoms with E-state index in [1.165, 1.54) is 12.2 Å². The van der Waals surface area contributed by atoms with Gasteiger partial charge in [-0.3, -0.25) is 0 Å². The smallest absolute Gasteiger partial charge is 0.224 e. The van der Waals surface area contributed by atoms with Gasteiger partial charge < -0.3 is 16.0 Å². The maximum Gasteiger partial charge on any atom is 0.224 e. The number of hydrogen-bond donors (Lipinski definition) is 3. The van der Waals surface area contributed by atoms with Crippen LogP contribution in [0.2, 0.25) is 0 Å². The summed E-state index contributed by atoms with van der Waals surface area (Å²) in [4.78, 5) is 15.3. The average Bonchev–Trinajstić information content (AvgIpc) is 2.76. The predicted molar refractivity (Wildman–Crippen MR) is 72.2 cm³/mol. The highest BCUT2D eigenvalue weighted by Crippen LogP contribution is 2.17. The van der Waals surface area contributed by atoms with Crippen LogP contribution in [0.15, 0.2) is 6.33 Å². The molecular weight excluding hydrogens is 236 g/mol. The summed E-state index contributed by atoms with van der Waals surface area (Å²) in [5.74, 6) is 2.16. The quantitative estimate of drug-likeness (QED) is 0.675. The molecule has 2 heterocycles. The van der Waals surface area contributed by atoms with Crippen molar-refractivity contribution in [1.29, 1.82) is 0 Å². The number of thioether (sulfide) groups is 1. The number of imidazole rings is 1. The fourth-order valence-corrected chi connectivity index (χ4v) is 2.05. The molecule has 2 aromatic rings. The molecule has 0 spiro atoms. The number of nitrogens with two attached hydrogens (primary N) is 1. The Morgan fingerprint density at radius 1 is 1.41 bits per heavy atom. The highest BCUT2D eigenvalue weighted by molar-refractivity contribution is 7.98. The molecule has 0 unspecified atom stereocenters. The van der Waals surface area contributed by atoms with Gasteiger partial charge in [-0.15, -0.1) is 0 Å². The average molecular weight is 252 g/mol. The Balaban J connectivity index is 2.00. The third-order valence-corrected chi connectivity index (χ3v) is 3.07. The van der Waals surface area contributed by atoms with E-state index in [1.807, 2.05) is 11.8 Å². The van der Waals surface area contributed by atoms with Crippen molar-refractivity contribution in [2.75, 3.05) is 29.6 Å². The van der Waals surface area contributed by atoms with Crippen LogP contribution in [0.5, 0.6) is 0 Å². The van der Waals surface area contributed by atoms with E-state index in [9.17, 15) is 0 Å². The molecule has 0 bridgehead atoms. The number of nitrogens with zero attached hydrogens (tertiary/aromatic N) is 3. The normalized spacial score (nSPS) is 10.9. The molecule has 4 N–H and O–H groups in total. The van der Waals surface area contributed by atoms with Gasteiger partial charge in [0.1, 0.15) is 5.52 Å². The van der Waals surface area contributed by atoms with Gasteiger partial charge >= 0.3 is 0 Å². The van der Waals surface area contributed by atoms with Crippen LogP contribution in [0, 0.1) is 0 Å². The summed E-state index contributed by atoms with van der Waals surface area (Å²) in [6.45, 7) is 0.880. The Morgan fingerprint density at radius 2 is 2.29 bits per heavy atom. The van der Waals surface area contributed by atoms with Crippen LogP contribution < -0.4 is 11.1 Å². The Labute approximate surface area is 104 Å². The highest BCUT2D eigenvalue weighted by atomic mass is 32.2. The minimum absolute atomic E-state index is 0.246. The van der Waals surface area contributed by atoms with Crippen molar-refractivity contribution in [3.8, 4) is 0 Å². The molecule has 17 heavy (non-hydrogen) atoms. The molecule has 0 amide bonds. The molecule has 6 nitrogen and oxygen atoms in total. The number of aromatic amines is 1. The van der Waals surface area contributed by atoms with Gasteiger partial charge in [0.05, 0.1) is 6.33 Å². The van der Waals surface area contributed by atoms with E-state index in [1.54, 1.807) is 6.33 Å². The summed E-state index contributed by atoms with van der Waals surface area (Å²) < 4.78 is 0. The van der Waals surface area contributed by atoms with Crippen LogP contribution in [0.4, 0.5) is 11.8 Å². The molecule has 0 aliphatic rings. The topological polar surface area (TPSA) is 92.5 Å². The summed E-state index contributed by atoms with van der Waals surface area (Å²) in [6.07, 6.45) is 6.02. The van der Waals surface area contributed by atoms with Crippen molar-refractivity contribution < 1.29 is 0 Å². The number of rotatable bonds is 6. The van der Waals surface area contributed by atoms with Crippen LogP contribution in [-0.4, -0.2) is 38.5 Å². The van der Waals surface area contributed by atoms with Gasteiger partial charge in [0.2, 0.25) is 5.95 Å². The maximum atomic E-state index is 5.62. The van der Waals surface area contributed by atoms with Crippen molar-refractivity contribution >= 4 is 34.7 Å². The molecule has 0 aromatic carbocycles. The monoisotopic (exact) mass is 252 g/mol. The first-order valence-corrected chi connectivity index (χ1v) is 6.90. The van der Waals surface area contributed by atoms with Crippen LogP contribution in [0.25, 0.3) is 11.2 Å². The Kier molecular flexibility index (Phi) is 4.03. The van der Waals surface area contributed by atoms with Crippen LogP contribution in [0.1, 0.15) is 12.8 Å². The summed E-state index contributed by atoms with van der Waals surface area (Å²) in [5.41, 5.74) is 7.03. The number of nitrogen functional groups attached to an aromatic ring is 1. The molecule has 0 saturated carbocycles. The first-order valence-electron chi connectivity index (χ1n) is 5.50. The van der Waals surface area contributed by atoms with Gasteiger partial charge in [-0.25, -0.2) is 4.98 Å². The lowest BCUT2D eigenvalue weighted by Crippen LogP contribution is -2.07. The molecule has 0 atom stereocenters. The van der Waals surface area contributed by atoms with E-state index in [4.69, 9.17) is 5.73 Å². The van der Waals surface area contributed by atoms with Gasteiger partial charge in [0, 0.05) is 6.54 Å². The number of H-pyrrole nitrogens is 1. The summed E-state index contributed by atoms with van der Waals surface area (Å²) in [5, 5.41) is 3.26. The first kappa shape index (κ1) is 12.0. The number of hydrogen-bond acceptors (Lipinski definition) is 6. The largest absolute Gasteiger partial charge is 0.368 e. The molecule has 0 saturated heterocycles. The number of aromatic nitrogens is 4. The SMILES string of the molecule is CSCCCCNc1nc(N)nc2nc[nH]c12. The van der Waals surface area contributed by atoms with E-state index in [2.05, 4.69) is 31.5 Å². The molecule has 0 aliphatic carbocycles. The van der Waals surface area contributed by atoms with Crippen molar-refractivity contribution in [2.24, 2.45) is 0 Å². The molecule has 0 fully saturated rings. The molecule has 0 radical (unpaired) electrons. The molecule has 0 aliphatic heterocycles. The zero-order valence-corrected chi connectivity index (χ0v) is 10.5. The number of unbranched alkanes of at least 4 members (excludes halogenated alkanes) is 1. The van der Waals surface area contributed by atoms with Gasteiger partial charge in [0.15, 0.2) is 11.5 Å². The predicted octanol–water partition coefficient (Wildman–Crippen LogP) is 1.49. The molecule has 2 aromatic heterocycles. The van der Waals surface area contributed by atoms with Crippen molar-refractivity contribution in [3.05, 3.63) is 6.33 Å². The first-order chi connectivity index (χ1) is 8.31. The van der Waals surface area contributed by atoms with Gasteiger partial charge in [0.25, 0.3) is 0 Å². The number of anilines is 2. The lowest BCUT2D eigenvalue weighted by molar-refractivity contribution is 0.840. The Morgan fingerprint density at radius 3 is 3.12 bits per heavy atom. The molecule has 92 valence electrons. The van der Waals surface area contributed by atoms with E-state index >= 15 is 0 Å². The fourth-order valence-electron chi connectivity index (χ4n) is 1.56. The second-order valence-corrected chi connectivity index (χ2v) is 4.64. The maximum absolute atomic E-state index is 5.62. The van der Waals surface area contributed by atoms with Crippen LogP contribution in [0.3, 0.4) is 0 Å². The van der Waals surface area contributed by atoms with Crippen molar-refractivity contribution in [1.82, 2.24) is 19.9 Å². The van der Waals surface area contributed by atoms with Gasteiger partial charge in [-0.1, -0.05) is 0 Å². The molecular formula is C10H16N6S. The summed E-state index contributed by atoms with van der Waals surface area (Å²) in [7, 11) is 0. The van der Waals surface area contributed by atoms with Crippen LogP contribution in [-0.2, 0) is 0 Å². The third kappa shape index (κ3) is 3.00. The number of nitrogens with one attached hydrogen (secondary N) is 2. The number of fused-ring (bicyclic) bond motifs is 1. The Bertz CT molecular complexity index is 483. The standard InChI is InChI=1S/C10H16N6S/c1-17-5-3-2-4-12-8-7-9(14-6-13-7)16-10(11)15-8/h6H,2-5H2,1H3,(H4,11,12,13,14,15,16). The fraction of sp³-hybridized carbons (Fsp3) is 0.500. The second kappa shape index (κ2) is 5.72. The lowest BCUT2D eigenvalue weighted by Gasteiger charge is -2.06. The zero-order chi connectivity index (χ0) is 12.1. The highest BCUT2D eigenvalue weighted by Gasteiger charge is 2.07. The van der Waals surface area contributed by atoms with Crippen molar-refractivity contribution in [3.63, 3.8) is 0 Å². The van der Waals surface area contributed by atoms with E-state index in [0.29, 0.717) is 5.65 Å². The van der Waals surface area contributed by atoms with E-state index < -0.39 is 0 Å². The van der Waals surface area contributed by atoms with Gasteiger partial charge in [-0.05, 0) is 24.9 Å². The zero-order valence-electron chi connectivity index (χ0n) is 9.73. The minimum Gasteiger partial charge on any atom is -0.368 e. The summed E-state index contributed by atoms with van der Waals surface area (Å²) in [6, 6.07) is 0. The van der Waals surface area contributed by atoms with E-state index in [-0.39, 0.29) is 5.95 Å².